The quantitative estimate of drug-likeness (QED) is 0.429. The second kappa shape index (κ2) is 4.30. The van der Waals surface area contributed by atoms with Crippen molar-refractivity contribution >= 4 is 12.0 Å². The minimum atomic E-state index is 0. The van der Waals surface area contributed by atoms with E-state index in [1.807, 2.05) is 0 Å². The molecule has 3 heteroatoms. The third-order valence-corrected chi connectivity index (χ3v) is 0.599. The van der Waals surface area contributed by atoms with Crippen LogP contribution in [0.3, 0.4) is 0 Å². The summed E-state index contributed by atoms with van der Waals surface area (Å²) in [6, 6.07) is 0. The lowest BCUT2D eigenvalue weighted by atomic mass is 10.3. The van der Waals surface area contributed by atoms with Gasteiger partial charge in [-0.25, -0.2) is 0 Å². The van der Waals surface area contributed by atoms with Crippen molar-refractivity contribution in [3.63, 3.8) is 0 Å². The predicted octanol–water partition coefficient (Wildman–Crippen LogP) is 0.417. The number of nitrogens with zero attached hydrogens (tertiary/aromatic N) is 1. The van der Waals surface area contributed by atoms with E-state index >= 15 is 0 Å². The number of hydrazone groups is 1. The highest BCUT2D eigenvalue weighted by molar-refractivity contribution is 5.89. The molecule has 0 fully saturated rings. The maximum Gasteiger partial charge on any atom is 0.135 e. The zero-order valence-corrected chi connectivity index (χ0v) is 5.14. The summed E-state index contributed by atoms with van der Waals surface area (Å²) in [5, 5.41) is 3.62. The van der Waals surface area contributed by atoms with Crippen molar-refractivity contribution < 1.29 is 6.22 Å². The molecule has 0 aliphatic heterocycles. The fraction of sp³-hybridized carbons (Fsp3) is 0.600. The van der Waals surface area contributed by atoms with E-state index < -0.39 is 0 Å². The first-order valence-corrected chi connectivity index (χ1v) is 2.45. The molecule has 0 aromatic rings. The summed E-state index contributed by atoms with van der Waals surface area (Å²) in [5.41, 5.74) is 2.54. The van der Waals surface area contributed by atoms with E-state index in [2.05, 4.69) is 10.5 Å². The van der Waals surface area contributed by atoms with Crippen LogP contribution in [0.1, 0.15) is 14.8 Å². The van der Waals surface area contributed by atoms with Crippen LogP contribution in [0.25, 0.3) is 0 Å². The summed E-state index contributed by atoms with van der Waals surface area (Å²) in [6.45, 7) is 1.53. The molecule has 0 aliphatic rings. The number of carbonyl (C=O) groups is 1. The summed E-state index contributed by atoms with van der Waals surface area (Å²) in [7, 11) is 1.69. The smallest absolute Gasteiger partial charge is 0.135 e. The normalized spacial score (nSPS) is 9.75. The summed E-state index contributed by atoms with van der Waals surface area (Å²) >= 11 is 0. The van der Waals surface area contributed by atoms with Crippen LogP contribution in [0.15, 0.2) is 5.10 Å². The molecule has 0 heterocycles. The Morgan fingerprint density at radius 2 is 2.62 bits per heavy atom. The van der Waals surface area contributed by atoms with Crippen LogP contribution < -0.4 is 5.43 Å². The lowest BCUT2D eigenvalue weighted by molar-refractivity contribution is -0.115. The molecule has 8 heavy (non-hydrogen) atoms. The molecule has 0 bridgehead atoms. The Kier molecular flexibility index (Phi) is 3.84. The van der Waals surface area contributed by atoms with Crippen LogP contribution in [-0.4, -0.2) is 19.0 Å². The van der Waals surface area contributed by atoms with Gasteiger partial charge in [0.2, 0.25) is 0 Å². The molecule has 0 saturated carbocycles. The Hall–Kier alpha value is -0.860. The van der Waals surface area contributed by atoms with Gasteiger partial charge in [0.25, 0.3) is 0 Å². The first-order chi connectivity index (χ1) is 3.77. The highest BCUT2D eigenvalue weighted by Gasteiger charge is 1.83. The first-order valence-electron chi connectivity index (χ1n) is 2.45. The molecular weight excluding hydrogens is 104 g/mol. The molecule has 0 atom stereocenters. The van der Waals surface area contributed by atoms with Crippen LogP contribution in [-0.2, 0) is 4.79 Å². The monoisotopic (exact) mass is 116 g/mol. The molecule has 0 aliphatic carbocycles. The van der Waals surface area contributed by atoms with Crippen molar-refractivity contribution in [3.05, 3.63) is 0 Å². The van der Waals surface area contributed by atoms with Crippen molar-refractivity contribution in [2.45, 2.75) is 13.3 Å². The largest absolute Gasteiger partial charge is 0.313 e. The van der Waals surface area contributed by atoms with Gasteiger partial charge in [-0.15, -0.1) is 0 Å². The van der Waals surface area contributed by atoms with Crippen LogP contribution in [0.2, 0.25) is 0 Å². The third kappa shape index (κ3) is 5.14. The highest BCUT2D eigenvalue weighted by atomic mass is 16.1. The molecule has 0 saturated heterocycles. The van der Waals surface area contributed by atoms with E-state index in [0.717, 1.165) is 0 Å². The van der Waals surface area contributed by atoms with Crippen LogP contribution >= 0.6 is 0 Å². The summed E-state index contributed by atoms with van der Waals surface area (Å²) in [5.74, 6) is 0.129. The molecule has 3 nitrogen and oxygen atoms in total. The van der Waals surface area contributed by atoms with Crippen molar-refractivity contribution in [1.29, 1.82) is 0 Å². The van der Waals surface area contributed by atoms with Gasteiger partial charge in [0.15, 0.2) is 0 Å². The van der Waals surface area contributed by atoms with Gasteiger partial charge in [0.1, 0.15) is 5.78 Å². The molecule has 0 radical (unpaired) electrons. The molecule has 0 aromatic heterocycles. The maximum absolute atomic E-state index is 10.2. The van der Waals surface area contributed by atoms with Crippen LogP contribution in [0, 0.1) is 0 Å². The van der Waals surface area contributed by atoms with Crippen molar-refractivity contribution in [3.8, 4) is 0 Å². The Labute approximate surface area is 50.3 Å². The molecular formula is C5H12N2O. The standard InChI is InChI=1S/C5H10N2O.H2/c1-5(8)3-4-7-6-2;/h4,6H,3H2,1-2H3;1H/b7-4+;. The number of carbonyl (C=O) groups excluding carboxylic acids is 1. The Bertz CT molecular complexity index is 103. The van der Waals surface area contributed by atoms with Crippen molar-refractivity contribution in [1.82, 2.24) is 5.43 Å². The number of ketones is 1. The van der Waals surface area contributed by atoms with Crippen molar-refractivity contribution in [2.24, 2.45) is 5.10 Å². The fourth-order valence-corrected chi connectivity index (χ4v) is 0.265. The van der Waals surface area contributed by atoms with E-state index in [-0.39, 0.29) is 7.21 Å². The topological polar surface area (TPSA) is 41.5 Å². The molecule has 0 aromatic carbocycles. The zero-order chi connectivity index (χ0) is 6.41. The van der Waals surface area contributed by atoms with Gasteiger partial charge < -0.3 is 5.43 Å². The van der Waals surface area contributed by atoms with Gasteiger partial charge >= 0.3 is 0 Å². The van der Waals surface area contributed by atoms with Crippen LogP contribution in [0.4, 0.5) is 0 Å². The van der Waals surface area contributed by atoms with E-state index in [9.17, 15) is 4.79 Å². The SMILES string of the molecule is CN/N=C/CC(C)=O.[HH]. The maximum atomic E-state index is 10.2. The fourth-order valence-electron chi connectivity index (χ4n) is 0.265. The third-order valence-electron chi connectivity index (χ3n) is 0.599. The van der Waals surface area contributed by atoms with Gasteiger partial charge in [-0.1, -0.05) is 0 Å². The first kappa shape index (κ1) is 7.14. The molecule has 0 amide bonds. The van der Waals surface area contributed by atoms with E-state index in [0.29, 0.717) is 6.42 Å². The number of rotatable bonds is 3. The second-order valence-corrected chi connectivity index (χ2v) is 1.44. The predicted molar refractivity (Wildman–Crippen MR) is 35.0 cm³/mol. The molecule has 1 N–H and O–H groups in total. The van der Waals surface area contributed by atoms with Gasteiger partial charge in [-0.05, 0) is 6.92 Å². The molecule has 0 spiro atoms. The van der Waals surface area contributed by atoms with Gasteiger partial charge in [-0.2, -0.15) is 5.10 Å². The Balaban J connectivity index is 0. The zero-order valence-electron chi connectivity index (χ0n) is 5.14. The highest BCUT2D eigenvalue weighted by Crippen LogP contribution is 1.72. The molecule has 48 valence electrons. The van der Waals surface area contributed by atoms with Gasteiger partial charge in [0.05, 0.1) is 0 Å². The van der Waals surface area contributed by atoms with E-state index in [4.69, 9.17) is 0 Å². The summed E-state index contributed by atoms with van der Waals surface area (Å²) in [6.07, 6.45) is 1.96. The molecule has 0 rings (SSSR count). The lowest BCUT2D eigenvalue weighted by Crippen LogP contribution is -1.96. The number of hydrogen-bond donors (Lipinski definition) is 1. The van der Waals surface area contributed by atoms with E-state index in [1.54, 1.807) is 13.3 Å². The molecule has 0 unspecified atom stereocenters. The van der Waals surface area contributed by atoms with E-state index in [1.165, 1.54) is 6.92 Å². The van der Waals surface area contributed by atoms with Gasteiger partial charge in [-0.3, -0.25) is 4.79 Å². The Morgan fingerprint density at radius 1 is 2.00 bits per heavy atom. The Morgan fingerprint density at radius 3 is 3.00 bits per heavy atom. The summed E-state index contributed by atoms with van der Waals surface area (Å²) in [4.78, 5) is 10.2. The lowest BCUT2D eigenvalue weighted by Gasteiger charge is -1.83. The minimum absolute atomic E-state index is 0. The van der Waals surface area contributed by atoms with Crippen molar-refractivity contribution in [2.75, 3.05) is 7.05 Å². The number of Topliss-reactive ketones (excluding diaryl/α,β-unsaturated/α-hetero) is 1. The van der Waals surface area contributed by atoms with Gasteiger partial charge in [0, 0.05) is 21.1 Å². The minimum Gasteiger partial charge on any atom is -0.313 e. The number of nitrogens with one attached hydrogen (secondary N) is 1. The summed E-state index contributed by atoms with van der Waals surface area (Å²) < 4.78 is 0. The van der Waals surface area contributed by atoms with Crippen LogP contribution in [0.5, 0.6) is 0 Å². The second-order valence-electron chi connectivity index (χ2n) is 1.44. The average Bonchev–Trinajstić information content (AvgIpc) is 1.66. The number of hydrogen-bond acceptors (Lipinski definition) is 3. The average molecular weight is 116 g/mol.